The zero-order chi connectivity index (χ0) is 30.1. The number of nitrogens with zero attached hydrogens (tertiary/aromatic N) is 5. The van der Waals surface area contributed by atoms with E-state index in [0.717, 1.165) is 29.8 Å². The molecule has 43 heavy (non-hydrogen) atoms. The minimum Gasteiger partial charge on any atom is -0.489 e. The van der Waals surface area contributed by atoms with E-state index in [1.165, 1.54) is 17.2 Å². The number of pyridine rings is 1. The molecule has 0 bridgehead atoms. The minimum absolute atomic E-state index is 0.164. The third-order valence-electron chi connectivity index (χ3n) is 8.51. The highest BCUT2D eigenvalue weighted by molar-refractivity contribution is 6.05. The van der Waals surface area contributed by atoms with Gasteiger partial charge in [0.25, 0.3) is 5.91 Å². The Morgan fingerprint density at radius 3 is 2.58 bits per heavy atom. The minimum atomic E-state index is -0.670. The lowest BCUT2D eigenvalue weighted by atomic mass is 10.0. The first-order valence-corrected chi connectivity index (χ1v) is 14.3. The third kappa shape index (κ3) is 5.66. The smallest absolute Gasteiger partial charge is 0.255 e. The van der Waals surface area contributed by atoms with E-state index in [4.69, 9.17) is 10.00 Å². The van der Waals surface area contributed by atoms with Crippen molar-refractivity contribution < 1.29 is 23.5 Å². The highest BCUT2D eigenvalue weighted by atomic mass is 19.1. The van der Waals surface area contributed by atoms with Crippen molar-refractivity contribution in [3.63, 3.8) is 0 Å². The normalized spacial score (nSPS) is 19.6. The molecule has 0 aliphatic carbocycles. The molecule has 2 fully saturated rings. The molecular formula is C32H31FN6O4. The van der Waals surface area contributed by atoms with E-state index in [1.807, 2.05) is 29.2 Å². The van der Waals surface area contributed by atoms with Crippen LogP contribution >= 0.6 is 0 Å². The molecule has 3 aliphatic heterocycles. The number of halogens is 1. The topological polar surface area (TPSA) is 119 Å². The number of hydrogen-bond acceptors (Lipinski definition) is 8. The lowest BCUT2D eigenvalue weighted by Crippen LogP contribution is -2.52. The Hall–Kier alpha value is -4.82. The second-order valence-corrected chi connectivity index (χ2v) is 11.1. The van der Waals surface area contributed by atoms with Gasteiger partial charge in [-0.1, -0.05) is 30.3 Å². The summed E-state index contributed by atoms with van der Waals surface area (Å²) < 4.78 is 20.6. The number of benzene rings is 2. The standard InChI is InChI=1S/C32H31FN6O4/c1-20(37-11-13-38(14-12-37)30-26(33)15-22(16-34)17-35-30)23-7-5-21(6-8-23)19-43-28-4-2-3-24-25(28)18-39(32(24)42)27-9-10-29(40)36-31(27)41/h2-8,15,17,20,27H,9-14,18-19H2,1H3,(H,36,40,41)/t20-,27+/m1/s1. The number of fused-ring (bicyclic) bond motifs is 1. The van der Waals surface area contributed by atoms with Crippen LogP contribution in [0.3, 0.4) is 0 Å². The fourth-order valence-corrected chi connectivity index (χ4v) is 6.00. The van der Waals surface area contributed by atoms with E-state index >= 15 is 0 Å². The number of rotatable bonds is 7. The fourth-order valence-electron chi connectivity index (χ4n) is 6.00. The Bertz CT molecular complexity index is 1610. The number of aromatic nitrogens is 1. The molecule has 220 valence electrons. The molecule has 0 saturated carbocycles. The van der Waals surface area contributed by atoms with Crippen molar-refractivity contribution in [3.8, 4) is 11.8 Å². The van der Waals surface area contributed by atoms with Crippen LogP contribution in [0.5, 0.6) is 5.75 Å². The van der Waals surface area contributed by atoms with E-state index in [9.17, 15) is 18.8 Å². The molecule has 6 rings (SSSR count). The Balaban J connectivity index is 1.05. The van der Waals surface area contributed by atoms with Gasteiger partial charge in [-0.25, -0.2) is 9.37 Å². The van der Waals surface area contributed by atoms with Crippen LogP contribution in [-0.4, -0.2) is 64.7 Å². The molecule has 1 aromatic heterocycles. The lowest BCUT2D eigenvalue weighted by Gasteiger charge is -2.38. The summed E-state index contributed by atoms with van der Waals surface area (Å²) >= 11 is 0. The molecule has 0 spiro atoms. The molecule has 0 radical (unpaired) electrons. The molecule has 2 aromatic carbocycles. The van der Waals surface area contributed by atoms with Gasteiger partial charge in [-0.2, -0.15) is 5.26 Å². The molecule has 1 N–H and O–H groups in total. The van der Waals surface area contributed by atoms with Gasteiger partial charge >= 0.3 is 0 Å². The summed E-state index contributed by atoms with van der Waals surface area (Å²) in [5, 5.41) is 11.3. The number of imide groups is 1. The maximum atomic E-state index is 14.4. The number of ether oxygens (including phenoxy) is 1. The van der Waals surface area contributed by atoms with E-state index in [1.54, 1.807) is 12.1 Å². The summed E-state index contributed by atoms with van der Waals surface area (Å²) in [6, 6.07) is 16.2. The van der Waals surface area contributed by atoms with E-state index in [2.05, 4.69) is 34.3 Å². The van der Waals surface area contributed by atoms with Gasteiger partial charge in [0.15, 0.2) is 11.6 Å². The number of amides is 3. The van der Waals surface area contributed by atoms with E-state index in [-0.39, 0.29) is 42.2 Å². The number of piperidine rings is 1. The van der Waals surface area contributed by atoms with Gasteiger partial charge in [-0.15, -0.1) is 0 Å². The van der Waals surface area contributed by atoms with Gasteiger partial charge in [0, 0.05) is 56.0 Å². The summed E-state index contributed by atoms with van der Waals surface area (Å²) in [6.45, 7) is 5.50. The Labute approximate surface area is 248 Å². The quantitative estimate of drug-likeness (QED) is 0.422. The molecule has 2 saturated heterocycles. The summed E-state index contributed by atoms with van der Waals surface area (Å²) in [6.07, 6.45) is 1.92. The largest absolute Gasteiger partial charge is 0.489 e. The average molecular weight is 583 g/mol. The fraction of sp³-hybridized carbons (Fsp3) is 0.344. The highest BCUT2D eigenvalue weighted by Gasteiger charge is 2.40. The third-order valence-corrected chi connectivity index (χ3v) is 8.51. The van der Waals surface area contributed by atoms with Crippen LogP contribution in [0.1, 0.15) is 58.4 Å². The van der Waals surface area contributed by atoms with E-state index < -0.39 is 17.8 Å². The van der Waals surface area contributed by atoms with Crippen LogP contribution in [0.15, 0.2) is 54.7 Å². The van der Waals surface area contributed by atoms with Crippen molar-refractivity contribution in [1.82, 2.24) is 20.1 Å². The summed E-state index contributed by atoms with van der Waals surface area (Å²) in [5.41, 5.74) is 3.61. The van der Waals surface area contributed by atoms with Crippen LogP contribution in [0.2, 0.25) is 0 Å². The monoisotopic (exact) mass is 582 g/mol. The van der Waals surface area contributed by atoms with Crippen molar-refractivity contribution >= 4 is 23.5 Å². The van der Waals surface area contributed by atoms with Gasteiger partial charge in [0.1, 0.15) is 24.5 Å². The molecular weight excluding hydrogens is 551 g/mol. The molecule has 3 aliphatic rings. The summed E-state index contributed by atoms with van der Waals surface area (Å²) in [5.74, 6) is -0.569. The predicted octanol–water partition coefficient (Wildman–Crippen LogP) is 3.32. The first kappa shape index (κ1) is 28.3. The Kier molecular flexibility index (Phi) is 7.78. The van der Waals surface area contributed by atoms with Gasteiger partial charge in [-0.3, -0.25) is 24.6 Å². The maximum absolute atomic E-state index is 14.4. The Morgan fingerprint density at radius 2 is 1.88 bits per heavy atom. The number of nitriles is 1. The lowest BCUT2D eigenvalue weighted by molar-refractivity contribution is -0.136. The average Bonchev–Trinajstić information content (AvgIpc) is 3.36. The van der Waals surface area contributed by atoms with Gasteiger partial charge in [0.2, 0.25) is 11.8 Å². The van der Waals surface area contributed by atoms with Crippen molar-refractivity contribution in [3.05, 3.63) is 88.4 Å². The summed E-state index contributed by atoms with van der Waals surface area (Å²) in [4.78, 5) is 47.0. The van der Waals surface area contributed by atoms with Crippen LogP contribution in [0.4, 0.5) is 10.2 Å². The van der Waals surface area contributed by atoms with Gasteiger partial charge in [-0.05, 0) is 42.7 Å². The maximum Gasteiger partial charge on any atom is 0.255 e. The van der Waals surface area contributed by atoms with Crippen molar-refractivity contribution in [2.75, 3.05) is 31.1 Å². The molecule has 0 unspecified atom stereocenters. The zero-order valence-electron chi connectivity index (χ0n) is 23.8. The SMILES string of the molecule is C[C@H](c1ccc(COc2cccc3c2CN([C@H]2CCC(=O)NC2=O)C3=O)cc1)N1CCN(c2ncc(C#N)cc2F)CC1. The highest BCUT2D eigenvalue weighted by Crippen LogP contribution is 2.34. The van der Waals surface area contributed by atoms with Crippen molar-refractivity contribution in [1.29, 1.82) is 5.26 Å². The second-order valence-electron chi connectivity index (χ2n) is 11.1. The first-order chi connectivity index (χ1) is 20.8. The molecule has 2 atom stereocenters. The Morgan fingerprint density at radius 1 is 1.12 bits per heavy atom. The van der Waals surface area contributed by atoms with Gasteiger partial charge in [0.05, 0.1) is 12.1 Å². The number of nitrogens with one attached hydrogen (secondary N) is 1. The number of hydrogen-bond donors (Lipinski definition) is 1. The molecule has 11 heteroatoms. The number of carbonyl (C=O) groups excluding carboxylic acids is 3. The summed E-state index contributed by atoms with van der Waals surface area (Å²) in [7, 11) is 0. The van der Waals surface area contributed by atoms with Crippen LogP contribution in [0, 0.1) is 17.1 Å². The second kappa shape index (κ2) is 11.8. The first-order valence-electron chi connectivity index (χ1n) is 14.3. The number of carbonyl (C=O) groups is 3. The van der Waals surface area contributed by atoms with Crippen molar-refractivity contribution in [2.45, 2.75) is 45.0 Å². The zero-order valence-corrected chi connectivity index (χ0v) is 23.8. The number of anilines is 1. The van der Waals surface area contributed by atoms with Crippen LogP contribution in [0.25, 0.3) is 0 Å². The molecule has 3 amide bonds. The van der Waals surface area contributed by atoms with E-state index in [0.29, 0.717) is 37.4 Å². The van der Waals surface area contributed by atoms with Crippen LogP contribution < -0.4 is 15.0 Å². The molecule has 3 aromatic rings. The molecule has 4 heterocycles. The van der Waals surface area contributed by atoms with Crippen LogP contribution in [-0.2, 0) is 22.7 Å². The molecule has 10 nitrogen and oxygen atoms in total. The van der Waals surface area contributed by atoms with Crippen molar-refractivity contribution in [2.24, 2.45) is 0 Å². The number of piperazine rings is 1. The predicted molar refractivity (Wildman–Crippen MR) is 154 cm³/mol. The van der Waals surface area contributed by atoms with Gasteiger partial charge < -0.3 is 14.5 Å².